The first kappa shape index (κ1) is 24.7. The number of ether oxygens (including phenoxy) is 1. The van der Waals surface area contributed by atoms with Gasteiger partial charge in [-0.05, 0) is 36.8 Å². The predicted molar refractivity (Wildman–Crippen MR) is 135 cm³/mol. The molecule has 10 heteroatoms. The van der Waals surface area contributed by atoms with Crippen molar-refractivity contribution in [2.75, 3.05) is 44.3 Å². The van der Waals surface area contributed by atoms with Crippen molar-refractivity contribution in [1.82, 2.24) is 9.88 Å². The second-order valence-corrected chi connectivity index (χ2v) is 9.71. The largest absolute Gasteiger partial charge is 0.379 e. The Morgan fingerprint density at radius 1 is 1.19 bits per heavy atom. The van der Waals surface area contributed by atoms with E-state index in [1.807, 2.05) is 24.3 Å². The second kappa shape index (κ2) is 11.3. The zero-order chi connectivity index (χ0) is 21.1. The molecule has 1 aromatic heterocycles. The van der Waals surface area contributed by atoms with Crippen molar-refractivity contribution in [3.8, 4) is 0 Å². The summed E-state index contributed by atoms with van der Waals surface area (Å²) in [6.45, 7) is 4.78. The first-order valence-electron chi connectivity index (χ1n) is 9.65. The first-order chi connectivity index (χ1) is 14.5. The predicted octanol–water partition coefficient (Wildman–Crippen LogP) is 6.16. The Balaban J connectivity index is 0.00000272. The number of halogens is 4. The lowest BCUT2D eigenvalue weighted by atomic mass is 10.2. The van der Waals surface area contributed by atoms with Crippen LogP contribution in [0.15, 0.2) is 40.9 Å². The van der Waals surface area contributed by atoms with Gasteiger partial charge in [0.25, 0.3) is 5.91 Å². The quantitative estimate of drug-likeness (QED) is 0.359. The summed E-state index contributed by atoms with van der Waals surface area (Å²) in [6, 6.07) is 11.0. The van der Waals surface area contributed by atoms with Crippen LogP contribution in [-0.2, 0) is 4.74 Å². The van der Waals surface area contributed by atoms with Gasteiger partial charge in [-0.25, -0.2) is 4.98 Å². The summed E-state index contributed by atoms with van der Waals surface area (Å²) in [7, 11) is 0. The molecule has 0 saturated carbocycles. The fourth-order valence-electron chi connectivity index (χ4n) is 3.39. The van der Waals surface area contributed by atoms with E-state index in [1.165, 1.54) is 11.3 Å². The Morgan fingerprint density at radius 2 is 1.97 bits per heavy atom. The number of fused-ring (bicyclic) bond motifs is 1. The lowest BCUT2D eigenvalue weighted by molar-refractivity contribution is 0.0376. The van der Waals surface area contributed by atoms with E-state index in [0.29, 0.717) is 32.8 Å². The molecule has 3 aromatic rings. The molecular weight excluding hydrogens is 545 g/mol. The summed E-state index contributed by atoms with van der Waals surface area (Å²) in [5, 5.41) is 1.62. The number of benzene rings is 2. The van der Waals surface area contributed by atoms with E-state index < -0.39 is 0 Å². The monoisotopic (exact) mass is 563 g/mol. The number of anilines is 1. The van der Waals surface area contributed by atoms with E-state index in [4.69, 9.17) is 27.9 Å². The zero-order valence-electron chi connectivity index (χ0n) is 16.5. The lowest BCUT2D eigenvalue weighted by Crippen LogP contribution is -2.39. The highest BCUT2D eigenvalue weighted by Crippen LogP contribution is 2.34. The number of rotatable bonds is 6. The number of morpholine rings is 1. The Labute approximate surface area is 209 Å². The number of carbonyl (C=O) groups excluding carboxylic acids is 1. The van der Waals surface area contributed by atoms with Crippen molar-refractivity contribution < 1.29 is 9.53 Å². The molecule has 0 unspecified atom stereocenters. The Kier molecular flexibility index (Phi) is 8.99. The zero-order valence-corrected chi connectivity index (χ0v) is 21.3. The van der Waals surface area contributed by atoms with Gasteiger partial charge in [0.2, 0.25) is 0 Å². The van der Waals surface area contributed by atoms with Gasteiger partial charge in [-0.2, -0.15) is 0 Å². The molecule has 2 aromatic carbocycles. The molecule has 31 heavy (non-hydrogen) atoms. The van der Waals surface area contributed by atoms with E-state index in [2.05, 4.69) is 25.8 Å². The van der Waals surface area contributed by atoms with Crippen molar-refractivity contribution in [3.05, 3.63) is 56.5 Å². The number of hydrogen-bond acceptors (Lipinski definition) is 5. The number of amides is 1. The molecule has 0 spiro atoms. The van der Waals surface area contributed by atoms with Crippen LogP contribution in [0.1, 0.15) is 16.8 Å². The highest BCUT2D eigenvalue weighted by Gasteiger charge is 2.24. The number of carbonyl (C=O) groups is 1. The van der Waals surface area contributed by atoms with Crippen molar-refractivity contribution in [2.24, 2.45) is 0 Å². The van der Waals surface area contributed by atoms with Crippen LogP contribution >= 0.6 is 62.9 Å². The average Bonchev–Trinajstić information content (AvgIpc) is 3.18. The molecule has 5 nitrogen and oxygen atoms in total. The maximum absolute atomic E-state index is 13.5. The molecule has 1 amide bonds. The van der Waals surface area contributed by atoms with Crippen LogP contribution < -0.4 is 4.90 Å². The normalized spacial score (nSPS) is 14.4. The second-order valence-electron chi connectivity index (χ2n) is 6.97. The van der Waals surface area contributed by atoms with E-state index in [-0.39, 0.29) is 18.3 Å². The highest BCUT2D eigenvalue weighted by molar-refractivity contribution is 9.10. The third-order valence-corrected chi connectivity index (χ3v) is 7.12. The summed E-state index contributed by atoms with van der Waals surface area (Å²) in [4.78, 5) is 22.2. The maximum atomic E-state index is 13.5. The van der Waals surface area contributed by atoms with Gasteiger partial charge >= 0.3 is 0 Å². The molecule has 0 atom stereocenters. The average molecular weight is 566 g/mol. The number of thiazole rings is 1. The molecule has 1 fully saturated rings. The van der Waals surface area contributed by atoms with Gasteiger partial charge in [0.1, 0.15) is 5.52 Å². The third-order valence-electron chi connectivity index (χ3n) is 4.95. The van der Waals surface area contributed by atoms with Gasteiger partial charge in [-0.3, -0.25) is 14.6 Å². The van der Waals surface area contributed by atoms with Crippen LogP contribution in [0.5, 0.6) is 0 Å². The van der Waals surface area contributed by atoms with Crippen LogP contribution in [0.3, 0.4) is 0 Å². The van der Waals surface area contributed by atoms with Crippen LogP contribution in [0.25, 0.3) is 10.2 Å². The van der Waals surface area contributed by atoms with Crippen molar-refractivity contribution >= 4 is 84.1 Å². The van der Waals surface area contributed by atoms with E-state index in [1.54, 1.807) is 17.0 Å². The van der Waals surface area contributed by atoms with E-state index in [9.17, 15) is 4.79 Å². The number of hydrogen-bond donors (Lipinski definition) is 0. The molecular formula is C21H21BrCl3N3O2S. The molecule has 0 radical (unpaired) electrons. The fourth-order valence-corrected chi connectivity index (χ4v) is 5.24. The van der Waals surface area contributed by atoms with Crippen molar-refractivity contribution in [3.63, 3.8) is 0 Å². The van der Waals surface area contributed by atoms with Gasteiger partial charge in [0, 0.05) is 30.7 Å². The van der Waals surface area contributed by atoms with Gasteiger partial charge in [0.05, 0.1) is 33.5 Å². The van der Waals surface area contributed by atoms with Crippen molar-refractivity contribution in [1.29, 1.82) is 0 Å². The summed E-state index contributed by atoms with van der Waals surface area (Å²) in [5.74, 6) is -0.168. The minimum atomic E-state index is -0.168. The molecule has 1 aliphatic heterocycles. The van der Waals surface area contributed by atoms with Gasteiger partial charge in [-0.1, -0.05) is 56.5 Å². The van der Waals surface area contributed by atoms with Gasteiger partial charge in [-0.15, -0.1) is 12.4 Å². The minimum absolute atomic E-state index is 0. The standard InChI is InChI=1S/C21H20BrCl2N3O2S.ClH/c22-14-5-6-16(23)15(13-14)20(28)27(8-2-7-26-9-11-29-12-10-26)21-25-19-17(24)3-1-4-18(19)30-21;/h1,3-6,13H,2,7-12H2;1H. The SMILES string of the molecule is Cl.O=C(c1cc(Br)ccc1Cl)N(CCCN1CCOCC1)c1nc2c(Cl)cccc2s1. The molecule has 0 aliphatic carbocycles. The molecule has 0 N–H and O–H groups in total. The Hall–Kier alpha value is -0.930. The van der Waals surface area contributed by atoms with E-state index in [0.717, 1.165) is 48.4 Å². The molecule has 4 rings (SSSR count). The molecule has 1 aliphatic rings. The summed E-state index contributed by atoms with van der Waals surface area (Å²) in [6.07, 6.45) is 0.820. The van der Waals surface area contributed by atoms with Crippen LogP contribution in [0.2, 0.25) is 10.0 Å². The van der Waals surface area contributed by atoms with Gasteiger partial charge in [0.15, 0.2) is 5.13 Å². The third kappa shape index (κ3) is 5.90. The van der Waals surface area contributed by atoms with Crippen LogP contribution in [0, 0.1) is 0 Å². The van der Waals surface area contributed by atoms with E-state index >= 15 is 0 Å². The Morgan fingerprint density at radius 3 is 2.71 bits per heavy atom. The minimum Gasteiger partial charge on any atom is -0.379 e. The smallest absolute Gasteiger partial charge is 0.261 e. The highest BCUT2D eigenvalue weighted by atomic mass is 79.9. The number of para-hydroxylation sites is 1. The molecule has 2 heterocycles. The summed E-state index contributed by atoms with van der Waals surface area (Å²) in [5.41, 5.74) is 1.16. The first-order valence-corrected chi connectivity index (χ1v) is 12.0. The number of aromatic nitrogens is 1. The van der Waals surface area contributed by atoms with Gasteiger partial charge < -0.3 is 4.74 Å². The fraction of sp³-hybridized carbons (Fsp3) is 0.333. The molecule has 1 saturated heterocycles. The molecule has 166 valence electrons. The Bertz CT molecular complexity index is 1060. The number of nitrogens with zero attached hydrogens (tertiary/aromatic N) is 3. The summed E-state index contributed by atoms with van der Waals surface area (Å²) < 4.78 is 7.17. The van der Waals surface area contributed by atoms with Crippen molar-refractivity contribution in [2.45, 2.75) is 6.42 Å². The maximum Gasteiger partial charge on any atom is 0.261 e. The lowest BCUT2D eigenvalue weighted by Gasteiger charge is -2.28. The van der Waals surface area contributed by atoms with Crippen LogP contribution in [-0.4, -0.2) is 55.2 Å². The topological polar surface area (TPSA) is 45.7 Å². The summed E-state index contributed by atoms with van der Waals surface area (Å²) >= 11 is 17.6. The van der Waals surface area contributed by atoms with Crippen LogP contribution in [0.4, 0.5) is 5.13 Å². The molecule has 0 bridgehead atoms.